The molecule has 5 N–H and O–H groups in total. The monoisotopic (exact) mass is 503 g/mol. The molecule has 0 aromatic heterocycles. The van der Waals surface area contributed by atoms with E-state index in [9.17, 15) is 22.0 Å². The highest BCUT2D eigenvalue weighted by atomic mass is 19.4. The van der Waals surface area contributed by atoms with Crippen molar-refractivity contribution >= 4 is 0 Å². The van der Waals surface area contributed by atoms with Gasteiger partial charge in [0.2, 0.25) is 0 Å². The molecule has 4 saturated heterocycles. The summed E-state index contributed by atoms with van der Waals surface area (Å²) in [5.74, 6) is -1.24. The molecule has 4 fully saturated rings. The number of nitrogens with zero attached hydrogens (tertiary/aromatic N) is 2. The Kier molecular flexibility index (Phi) is 6.83. The molecule has 8 unspecified atom stereocenters. The van der Waals surface area contributed by atoms with Gasteiger partial charge in [0.1, 0.15) is 17.7 Å². The first kappa shape index (κ1) is 25.2. The maximum Gasteiger partial charge on any atom is 0.405 e. The second-order valence-corrected chi connectivity index (χ2v) is 10.5. The highest BCUT2D eigenvalue weighted by Gasteiger charge is 2.52. The smallest absolute Gasteiger partial charge is 0.298 e. The second-order valence-electron chi connectivity index (χ2n) is 10.5. The molecule has 0 saturated carbocycles. The minimum Gasteiger partial charge on any atom is -0.298 e. The van der Waals surface area contributed by atoms with Gasteiger partial charge in [0.15, 0.2) is 0 Å². The van der Waals surface area contributed by atoms with Crippen LogP contribution in [0.15, 0.2) is 18.2 Å². The third-order valence-electron chi connectivity index (χ3n) is 8.32. The first-order chi connectivity index (χ1) is 16.5. The molecule has 4 aliphatic rings. The number of hydrogen-bond acceptors (Lipinski definition) is 7. The fourth-order valence-electron chi connectivity index (χ4n) is 6.40. The number of piperazine rings is 1. The van der Waals surface area contributed by atoms with Gasteiger partial charge in [-0.3, -0.25) is 36.6 Å². The van der Waals surface area contributed by atoms with Crippen LogP contribution in [0.2, 0.25) is 0 Å². The van der Waals surface area contributed by atoms with Crippen molar-refractivity contribution in [1.82, 2.24) is 36.6 Å². The number of piperidine rings is 1. The maximum absolute atomic E-state index is 14.7. The Morgan fingerprint density at radius 1 is 0.886 bits per heavy atom. The second kappa shape index (κ2) is 9.47. The van der Waals surface area contributed by atoms with E-state index in [1.54, 1.807) is 0 Å². The highest BCUT2D eigenvalue weighted by Crippen LogP contribution is 2.36. The number of nitrogens with one attached hydrogen (secondary N) is 5. The third-order valence-corrected chi connectivity index (χ3v) is 8.32. The van der Waals surface area contributed by atoms with Gasteiger partial charge in [-0.25, -0.2) is 8.78 Å². The summed E-state index contributed by atoms with van der Waals surface area (Å²) in [5, 5.41) is 10.4. The van der Waals surface area contributed by atoms with Crippen LogP contribution >= 0.6 is 0 Å². The fourth-order valence-corrected chi connectivity index (χ4v) is 6.40. The van der Waals surface area contributed by atoms with E-state index in [2.05, 4.69) is 26.8 Å². The molecule has 9 atom stereocenters. The molecule has 7 nitrogen and oxygen atoms in total. The van der Waals surface area contributed by atoms with Crippen molar-refractivity contribution in [2.24, 2.45) is 5.92 Å². The average Bonchev–Trinajstić information content (AvgIpc) is 3.05. The minimum atomic E-state index is -4.29. The Hall–Kier alpha value is -1.41. The number of fused-ring (bicyclic) bond motifs is 3. The van der Waals surface area contributed by atoms with Crippen LogP contribution in [0.1, 0.15) is 32.0 Å². The largest absolute Gasteiger partial charge is 0.405 e. The zero-order valence-corrected chi connectivity index (χ0v) is 20.0. The standard InChI is InChI=1S/C23H34F5N7/c1-11-19-13(9-17(29-11)35-8-7-34(3)16(10-35)23(26,27)28)21-20(12(2)32-33-21)31-22(30-19)18-14(24)5-4-6-15(18)25/h4-6,11-13,16-17,19-22,29-33H,7-10H2,1-3H3/t11?,12?,13?,16-,17?,19?,20?,21?,22?/m0/s1. The number of likely N-dealkylation sites (N-methyl/N-ethyl adjacent to an activating group) is 1. The quantitative estimate of drug-likeness (QED) is 0.390. The summed E-state index contributed by atoms with van der Waals surface area (Å²) in [6, 6.07) is 1.81. The van der Waals surface area contributed by atoms with Gasteiger partial charge in [0, 0.05) is 49.8 Å². The van der Waals surface area contributed by atoms with Gasteiger partial charge in [-0.2, -0.15) is 13.2 Å². The number of hydrazine groups is 1. The van der Waals surface area contributed by atoms with Crippen molar-refractivity contribution in [3.63, 3.8) is 0 Å². The average molecular weight is 504 g/mol. The summed E-state index contributed by atoms with van der Waals surface area (Å²) in [4.78, 5) is 3.27. The van der Waals surface area contributed by atoms with Crippen LogP contribution in [0.4, 0.5) is 22.0 Å². The fraction of sp³-hybridized carbons (Fsp3) is 0.739. The summed E-state index contributed by atoms with van der Waals surface area (Å²) < 4.78 is 70.4. The van der Waals surface area contributed by atoms with Crippen LogP contribution in [0, 0.1) is 17.6 Å². The molecule has 1 aromatic rings. The summed E-state index contributed by atoms with van der Waals surface area (Å²) in [5.41, 5.74) is 6.56. The number of hydrogen-bond donors (Lipinski definition) is 5. The Balaban J connectivity index is 1.41. The van der Waals surface area contributed by atoms with Gasteiger partial charge in [-0.1, -0.05) is 6.07 Å². The molecule has 4 aliphatic heterocycles. The van der Waals surface area contributed by atoms with Gasteiger partial charge >= 0.3 is 6.18 Å². The number of halogens is 5. The summed E-state index contributed by atoms with van der Waals surface area (Å²) in [6.07, 6.45) is -4.67. The van der Waals surface area contributed by atoms with Crippen LogP contribution in [0.5, 0.6) is 0 Å². The molecule has 5 rings (SSSR count). The molecule has 4 heterocycles. The molecule has 12 heteroatoms. The lowest BCUT2D eigenvalue weighted by Crippen LogP contribution is -2.69. The van der Waals surface area contributed by atoms with E-state index < -0.39 is 30.0 Å². The van der Waals surface area contributed by atoms with Crippen LogP contribution in [-0.4, -0.2) is 85.1 Å². The first-order valence-electron chi connectivity index (χ1n) is 12.3. The van der Waals surface area contributed by atoms with Gasteiger partial charge in [0.25, 0.3) is 0 Å². The van der Waals surface area contributed by atoms with Crippen molar-refractivity contribution in [1.29, 1.82) is 0 Å². The number of alkyl halides is 3. The zero-order valence-electron chi connectivity index (χ0n) is 20.0. The Morgan fingerprint density at radius 3 is 2.26 bits per heavy atom. The molecule has 0 spiro atoms. The molecular formula is C23H34F5N7. The molecule has 0 bridgehead atoms. The lowest BCUT2D eigenvalue weighted by Gasteiger charge is -2.50. The van der Waals surface area contributed by atoms with Crippen LogP contribution in [0.3, 0.4) is 0 Å². The SMILES string of the molecule is CC1NC(N2CCN(C)[C@H](C(F)(F)F)C2)CC2C1NC(c1c(F)cccc1F)NC1C(C)NNC21. The third kappa shape index (κ3) is 4.70. The molecule has 196 valence electrons. The predicted molar refractivity (Wildman–Crippen MR) is 121 cm³/mol. The molecule has 0 aliphatic carbocycles. The van der Waals surface area contributed by atoms with Crippen molar-refractivity contribution in [3.05, 3.63) is 35.4 Å². The van der Waals surface area contributed by atoms with Gasteiger partial charge in [-0.05, 0) is 45.4 Å². The molecule has 0 radical (unpaired) electrons. The van der Waals surface area contributed by atoms with Crippen molar-refractivity contribution in [2.75, 3.05) is 26.7 Å². The topological polar surface area (TPSA) is 66.6 Å². The van der Waals surface area contributed by atoms with Crippen LogP contribution in [0.25, 0.3) is 0 Å². The van der Waals surface area contributed by atoms with Gasteiger partial charge in [0.05, 0.1) is 17.9 Å². The number of benzene rings is 1. The zero-order chi connectivity index (χ0) is 25.1. The first-order valence-corrected chi connectivity index (χ1v) is 12.3. The van der Waals surface area contributed by atoms with E-state index in [4.69, 9.17) is 0 Å². The lowest BCUT2D eigenvalue weighted by molar-refractivity contribution is -0.197. The maximum atomic E-state index is 14.7. The summed E-state index contributed by atoms with van der Waals surface area (Å²) in [6.45, 7) is 4.76. The molecule has 0 amide bonds. The summed E-state index contributed by atoms with van der Waals surface area (Å²) >= 11 is 0. The molecule has 35 heavy (non-hydrogen) atoms. The van der Waals surface area contributed by atoms with Crippen molar-refractivity contribution in [3.8, 4) is 0 Å². The van der Waals surface area contributed by atoms with E-state index in [1.165, 1.54) is 30.1 Å². The Morgan fingerprint density at radius 2 is 1.57 bits per heavy atom. The predicted octanol–water partition coefficient (Wildman–Crippen LogP) is 1.26. The van der Waals surface area contributed by atoms with E-state index in [0.29, 0.717) is 19.5 Å². The lowest BCUT2D eigenvalue weighted by atomic mass is 9.78. The van der Waals surface area contributed by atoms with Crippen molar-refractivity contribution < 1.29 is 22.0 Å². The van der Waals surface area contributed by atoms with Gasteiger partial charge in [-0.15, -0.1) is 0 Å². The Labute approximate surface area is 202 Å². The molecule has 1 aromatic carbocycles. The van der Waals surface area contributed by atoms with Gasteiger partial charge < -0.3 is 0 Å². The van der Waals surface area contributed by atoms with E-state index >= 15 is 0 Å². The van der Waals surface area contributed by atoms with Crippen LogP contribution < -0.4 is 26.8 Å². The normalized spacial score (nSPS) is 41.3. The van der Waals surface area contributed by atoms with E-state index in [-0.39, 0.29) is 54.4 Å². The summed E-state index contributed by atoms with van der Waals surface area (Å²) in [7, 11) is 1.52. The Bertz CT molecular complexity index is 896. The highest BCUT2D eigenvalue weighted by molar-refractivity contribution is 5.25. The van der Waals surface area contributed by atoms with E-state index in [1.807, 2.05) is 18.7 Å². The number of rotatable bonds is 2. The van der Waals surface area contributed by atoms with Crippen LogP contribution in [-0.2, 0) is 0 Å². The minimum absolute atomic E-state index is 0.00928. The van der Waals surface area contributed by atoms with E-state index in [0.717, 1.165) is 0 Å². The van der Waals surface area contributed by atoms with Crippen molar-refractivity contribution in [2.45, 2.75) is 75.0 Å². The molecular weight excluding hydrogens is 469 g/mol.